The molecule has 1 aromatic heterocycles. The molecular formula is C23H31N3O4. The molecule has 1 aliphatic carbocycles. The van der Waals surface area contributed by atoms with Crippen molar-refractivity contribution in [1.29, 1.82) is 0 Å². The van der Waals surface area contributed by atoms with Crippen molar-refractivity contribution in [3.63, 3.8) is 0 Å². The Labute approximate surface area is 176 Å². The number of amides is 2. The van der Waals surface area contributed by atoms with Crippen molar-refractivity contribution in [2.75, 3.05) is 0 Å². The van der Waals surface area contributed by atoms with Crippen LogP contribution in [0.4, 0.5) is 0 Å². The van der Waals surface area contributed by atoms with Crippen molar-refractivity contribution in [3.8, 4) is 0 Å². The first-order valence-corrected chi connectivity index (χ1v) is 11.4. The maximum absolute atomic E-state index is 13.1. The summed E-state index contributed by atoms with van der Waals surface area (Å²) >= 11 is 0. The molecule has 0 spiro atoms. The number of fused-ring (bicyclic) bond motifs is 2. The molecule has 4 heterocycles. The molecule has 4 aliphatic rings. The Morgan fingerprint density at radius 1 is 1.13 bits per heavy atom. The van der Waals surface area contributed by atoms with Crippen molar-refractivity contribution < 1.29 is 14.3 Å². The number of carbonyl (C=O) groups is 2. The lowest BCUT2D eigenvalue weighted by Crippen LogP contribution is -2.46. The minimum Gasteiger partial charge on any atom is -0.374 e. The highest BCUT2D eigenvalue weighted by atomic mass is 16.5. The Morgan fingerprint density at radius 2 is 1.97 bits per heavy atom. The van der Waals surface area contributed by atoms with Crippen LogP contribution in [-0.2, 0) is 16.6 Å². The molecule has 0 unspecified atom stereocenters. The van der Waals surface area contributed by atoms with E-state index in [4.69, 9.17) is 4.74 Å². The molecule has 7 heteroatoms. The fourth-order valence-electron chi connectivity index (χ4n) is 5.71. The van der Waals surface area contributed by atoms with Crippen LogP contribution in [0.25, 0.3) is 0 Å². The zero-order valence-electron chi connectivity index (χ0n) is 17.6. The molecule has 0 aromatic carbocycles. The van der Waals surface area contributed by atoms with Crippen LogP contribution in [0.5, 0.6) is 0 Å². The quantitative estimate of drug-likeness (QED) is 0.801. The highest BCUT2D eigenvalue weighted by molar-refractivity contribution is 5.94. The Balaban J connectivity index is 1.20. The fraction of sp³-hybridized carbons (Fsp3) is 0.696. The van der Waals surface area contributed by atoms with Gasteiger partial charge in [0.1, 0.15) is 0 Å². The summed E-state index contributed by atoms with van der Waals surface area (Å²) in [6.07, 6.45) is 11.0. The number of aromatic nitrogens is 1. The zero-order valence-corrected chi connectivity index (χ0v) is 17.6. The second kappa shape index (κ2) is 7.84. The molecule has 30 heavy (non-hydrogen) atoms. The highest BCUT2D eigenvalue weighted by Crippen LogP contribution is 2.41. The van der Waals surface area contributed by atoms with Gasteiger partial charge in [-0.1, -0.05) is 0 Å². The van der Waals surface area contributed by atoms with Crippen molar-refractivity contribution in [2.24, 2.45) is 13.0 Å². The van der Waals surface area contributed by atoms with Gasteiger partial charge in [-0.25, -0.2) is 0 Å². The van der Waals surface area contributed by atoms with E-state index in [9.17, 15) is 14.4 Å². The minimum absolute atomic E-state index is 0.0241. The zero-order chi connectivity index (χ0) is 20.8. The number of hydrogen-bond acceptors (Lipinski definition) is 4. The number of nitrogens with one attached hydrogen (secondary N) is 1. The fourth-order valence-corrected chi connectivity index (χ4v) is 5.71. The van der Waals surface area contributed by atoms with Crippen molar-refractivity contribution in [2.45, 2.75) is 88.1 Å². The summed E-state index contributed by atoms with van der Waals surface area (Å²) in [6, 6.07) is 3.23. The lowest BCUT2D eigenvalue weighted by molar-refractivity contribution is -0.139. The minimum atomic E-state index is -0.182. The van der Waals surface area contributed by atoms with Gasteiger partial charge in [-0.2, -0.15) is 0 Å². The van der Waals surface area contributed by atoms with E-state index < -0.39 is 0 Å². The largest absolute Gasteiger partial charge is 0.374 e. The summed E-state index contributed by atoms with van der Waals surface area (Å²) < 4.78 is 7.66. The predicted molar refractivity (Wildman–Crippen MR) is 111 cm³/mol. The van der Waals surface area contributed by atoms with Crippen LogP contribution >= 0.6 is 0 Å². The SMILES string of the molecule is Cn1cc(C(=O)N[C@@H]2C[C@H]3CC[C@@H]2N3C(=O)C[C@@H]2CCC[C@H](C3CC3)O2)ccc1=O. The second-order valence-electron chi connectivity index (χ2n) is 9.55. The number of aryl methyl sites for hydroxylation is 1. The normalized spacial score (nSPS) is 33.0. The van der Waals surface area contributed by atoms with Gasteiger partial charge in [-0.15, -0.1) is 0 Å². The summed E-state index contributed by atoms with van der Waals surface area (Å²) in [5.74, 6) is 0.726. The molecule has 1 N–H and O–H groups in total. The third kappa shape index (κ3) is 3.80. The maximum Gasteiger partial charge on any atom is 0.253 e. The van der Waals surface area contributed by atoms with Gasteiger partial charge in [0, 0.05) is 25.4 Å². The van der Waals surface area contributed by atoms with Crippen LogP contribution in [0.2, 0.25) is 0 Å². The number of carbonyl (C=O) groups excluding carboxylic acids is 2. The second-order valence-corrected chi connectivity index (χ2v) is 9.55. The molecule has 5 rings (SSSR count). The molecular weight excluding hydrogens is 382 g/mol. The van der Waals surface area contributed by atoms with Crippen molar-refractivity contribution in [3.05, 3.63) is 34.2 Å². The number of pyridine rings is 1. The first-order valence-electron chi connectivity index (χ1n) is 11.4. The van der Waals surface area contributed by atoms with Crippen molar-refractivity contribution >= 4 is 11.8 Å². The van der Waals surface area contributed by atoms with Crippen LogP contribution < -0.4 is 10.9 Å². The first-order chi connectivity index (χ1) is 14.5. The van der Waals surface area contributed by atoms with Crippen LogP contribution in [0.1, 0.15) is 68.1 Å². The van der Waals surface area contributed by atoms with Gasteiger partial charge in [0.05, 0.1) is 36.3 Å². The molecule has 4 fully saturated rings. The van der Waals surface area contributed by atoms with Gasteiger partial charge >= 0.3 is 0 Å². The third-order valence-electron chi connectivity index (χ3n) is 7.42. The lowest BCUT2D eigenvalue weighted by atomic mass is 9.95. The van der Waals surface area contributed by atoms with E-state index in [0.717, 1.165) is 44.4 Å². The summed E-state index contributed by atoms with van der Waals surface area (Å²) in [5, 5.41) is 3.11. The van der Waals surface area contributed by atoms with Gasteiger partial charge in [-0.05, 0) is 63.4 Å². The molecule has 0 radical (unpaired) electrons. The number of nitrogens with zero attached hydrogens (tertiary/aromatic N) is 2. The Bertz CT molecular complexity index is 893. The van der Waals surface area contributed by atoms with E-state index in [1.165, 1.54) is 23.5 Å². The van der Waals surface area contributed by atoms with Crippen LogP contribution in [0.3, 0.4) is 0 Å². The van der Waals surface area contributed by atoms with E-state index in [1.807, 2.05) is 4.90 Å². The molecule has 5 atom stereocenters. The van der Waals surface area contributed by atoms with Gasteiger partial charge in [0.2, 0.25) is 11.5 Å². The van der Waals surface area contributed by atoms with E-state index >= 15 is 0 Å². The lowest BCUT2D eigenvalue weighted by Gasteiger charge is -2.32. The third-order valence-corrected chi connectivity index (χ3v) is 7.42. The van der Waals surface area contributed by atoms with Gasteiger partial charge in [-0.3, -0.25) is 14.4 Å². The van der Waals surface area contributed by atoms with Crippen LogP contribution in [0.15, 0.2) is 23.1 Å². The van der Waals surface area contributed by atoms with E-state index in [1.54, 1.807) is 19.3 Å². The molecule has 1 aromatic rings. The number of rotatable bonds is 5. The molecule has 2 bridgehead atoms. The molecule has 7 nitrogen and oxygen atoms in total. The summed E-state index contributed by atoms with van der Waals surface area (Å²) in [4.78, 5) is 39.4. The molecule has 162 valence electrons. The van der Waals surface area contributed by atoms with E-state index in [2.05, 4.69) is 5.32 Å². The van der Waals surface area contributed by atoms with Crippen LogP contribution in [0, 0.1) is 5.92 Å². The average Bonchev–Trinajstić information content (AvgIpc) is 3.43. The van der Waals surface area contributed by atoms with E-state index in [-0.39, 0.29) is 41.6 Å². The van der Waals surface area contributed by atoms with Gasteiger partial charge in [0.15, 0.2) is 0 Å². The highest BCUT2D eigenvalue weighted by Gasteiger charge is 2.49. The number of ether oxygens (including phenoxy) is 1. The smallest absolute Gasteiger partial charge is 0.253 e. The molecule has 1 saturated carbocycles. The summed E-state index contributed by atoms with van der Waals surface area (Å²) in [6.45, 7) is 0. The monoisotopic (exact) mass is 413 g/mol. The topological polar surface area (TPSA) is 80.6 Å². The average molecular weight is 414 g/mol. The number of hydrogen-bond donors (Lipinski definition) is 1. The van der Waals surface area contributed by atoms with Crippen LogP contribution in [-0.4, -0.2) is 51.6 Å². The maximum atomic E-state index is 13.1. The van der Waals surface area contributed by atoms with Gasteiger partial charge < -0.3 is 19.5 Å². The standard InChI is InChI=1S/C23H31N3O4/c1-25-13-15(7-10-21(25)27)23(29)24-18-11-16-8-9-19(18)26(16)22(28)12-17-3-2-4-20(30-17)14-5-6-14/h7,10,13-14,16-20H,2-6,8-9,11-12H2,1H3,(H,24,29)/t16-,17+,18-,19+,20-/m1/s1. The molecule has 3 aliphatic heterocycles. The summed E-state index contributed by atoms with van der Waals surface area (Å²) in [5.41, 5.74) is 0.330. The predicted octanol–water partition coefficient (Wildman–Crippen LogP) is 1.98. The Kier molecular flexibility index (Phi) is 5.17. The van der Waals surface area contributed by atoms with Crippen molar-refractivity contribution in [1.82, 2.24) is 14.8 Å². The Hall–Kier alpha value is -2.15. The first kappa shape index (κ1) is 19.8. The molecule has 3 saturated heterocycles. The molecule has 2 amide bonds. The van der Waals surface area contributed by atoms with Gasteiger partial charge in [0.25, 0.3) is 5.91 Å². The summed E-state index contributed by atoms with van der Waals surface area (Å²) in [7, 11) is 1.64. The van der Waals surface area contributed by atoms with E-state index in [0.29, 0.717) is 18.1 Å². The Morgan fingerprint density at radius 3 is 2.73 bits per heavy atom.